The van der Waals surface area contributed by atoms with Gasteiger partial charge < -0.3 is 14.8 Å². The third-order valence-corrected chi connectivity index (χ3v) is 7.38. The number of halogens is 3. The minimum absolute atomic E-state index is 0.169. The highest BCUT2D eigenvalue weighted by Gasteiger charge is 2.52. The normalized spacial score (nSPS) is 14.6. The van der Waals surface area contributed by atoms with Crippen molar-refractivity contribution < 1.29 is 22.8 Å². The largest absolute Gasteiger partial charge is 0.352 e. The molecule has 1 aliphatic rings. The molecular weight excluding hydrogens is 479 g/mol. The molecule has 1 aliphatic heterocycles. The second-order valence-electron chi connectivity index (χ2n) is 8.30. The number of nitrogens with one attached hydrogen (secondary N) is 2. The molecule has 11 heteroatoms. The van der Waals surface area contributed by atoms with Crippen LogP contribution in [0.1, 0.15) is 27.3 Å². The molecule has 7 nitrogen and oxygen atoms in total. The lowest BCUT2D eigenvalue weighted by Crippen LogP contribution is -2.32. The summed E-state index contributed by atoms with van der Waals surface area (Å²) < 4.78 is 44.9. The Morgan fingerprint density at radius 1 is 1.20 bits per heavy atom. The summed E-state index contributed by atoms with van der Waals surface area (Å²) in [6.45, 7) is 1.52. The lowest BCUT2D eigenvalue weighted by atomic mass is 10.0. The first-order valence-electron chi connectivity index (χ1n) is 10.6. The lowest BCUT2D eigenvalue weighted by Gasteiger charge is -2.16. The van der Waals surface area contributed by atoms with E-state index in [9.17, 15) is 22.8 Å². The van der Waals surface area contributed by atoms with E-state index in [4.69, 9.17) is 0 Å². The number of fused-ring (bicyclic) bond motifs is 2. The summed E-state index contributed by atoms with van der Waals surface area (Å²) in [6.07, 6.45) is 1.73. The second kappa shape index (κ2) is 8.19. The average Bonchev–Trinajstić information content (AvgIpc) is 3.45. The molecule has 5 rings (SSSR count). The molecule has 2 N–H and O–H groups in total. The van der Waals surface area contributed by atoms with Gasteiger partial charge in [-0.1, -0.05) is 11.8 Å². The highest BCUT2D eigenvalue weighted by atomic mass is 32.2. The van der Waals surface area contributed by atoms with Crippen LogP contribution in [-0.4, -0.2) is 33.6 Å². The molecule has 0 radical (unpaired) electrons. The van der Waals surface area contributed by atoms with Crippen molar-refractivity contribution in [3.8, 4) is 0 Å². The third kappa shape index (κ3) is 3.66. The van der Waals surface area contributed by atoms with Crippen molar-refractivity contribution in [2.45, 2.75) is 29.2 Å². The molecule has 0 saturated heterocycles. The van der Waals surface area contributed by atoms with E-state index in [1.54, 1.807) is 23.9 Å². The number of nitrogens with zero attached hydrogens (tertiary/aromatic N) is 3. The third-order valence-electron chi connectivity index (χ3n) is 6.26. The fourth-order valence-electron chi connectivity index (χ4n) is 4.21. The van der Waals surface area contributed by atoms with Crippen LogP contribution in [0.2, 0.25) is 0 Å². The van der Waals surface area contributed by atoms with Crippen LogP contribution < -0.4 is 10.2 Å². The predicted octanol–water partition coefficient (Wildman–Crippen LogP) is 4.50. The van der Waals surface area contributed by atoms with Crippen molar-refractivity contribution in [1.29, 1.82) is 0 Å². The number of rotatable bonds is 5. The van der Waals surface area contributed by atoms with Crippen LogP contribution in [-0.2, 0) is 24.3 Å². The molecule has 0 atom stereocenters. The molecule has 0 spiro atoms. The zero-order chi connectivity index (χ0) is 25.1. The number of aromatic nitrogens is 3. The van der Waals surface area contributed by atoms with Crippen molar-refractivity contribution in [3.63, 3.8) is 0 Å². The first-order chi connectivity index (χ1) is 16.6. The highest BCUT2D eigenvalue weighted by Crippen LogP contribution is 2.45. The number of H-pyrrole nitrogens is 1. The van der Waals surface area contributed by atoms with Gasteiger partial charge in [-0.3, -0.25) is 14.7 Å². The molecule has 0 saturated carbocycles. The number of alkyl halides is 2. The Labute approximate surface area is 202 Å². The van der Waals surface area contributed by atoms with E-state index >= 15 is 0 Å². The maximum absolute atomic E-state index is 14.6. The number of hydrogen-bond acceptors (Lipinski definition) is 4. The summed E-state index contributed by atoms with van der Waals surface area (Å²) in [4.78, 5) is 27.5. The Morgan fingerprint density at radius 3 is 2.74 bits per heavy atom. The fourth-order valence-corrected chi connectivity index (χ4v) is 5.24. The standard InChI is InChI=1S/C24H20F3N5O2S/c1-12-20(35-14-4-7-18-13(8-14)10-29-30-18)9-19(31(12)2)22(33)28-11-15-17(25)6-5-16-21(15)32(3)23(34)24(16,26)27/h4-10H,11H2,1-3H3,(H,28,33)(H,29,30). The van der Waals surface area contributed by atoms with Gasteiger partial charge in [-0.05, 0) is 43.3 Å². The number of carbonyl (C=O) groups excluding carboxylic acids is 2. The summed E-state index contributed by atoms with van der Waals surface area (Å²) in [7, 11) is 2.90. The van der Waals surface area contributed by atoms with Crippen molar-refractivity contribution >= 4 is 40.2 Å². The molecule has 4 aromatic rings. The zero-order valence-electron chi connectivity index (χ0n) is 18.9. The molecule has 0 aliphatic carbocycles. The molecular formula is C24H20F3N5O2S. The molecule has 2 aromatic heterocycles. The van der Waals surface area contributed by atoms with Gasteiger partial charge in [0.25, 0.3) is 5.91 Å². The van der Waals surface area contributed by atoms with Crippen molar-refractivity contribution in [3.05, 3.63) is 70.9 Å². The maximum atomic E-state index is 14.6. The van der Waals surface area contributed by atoms with Gasteiger partial charge in [-0.15, -0.1) is 0 Å². The average molecular weight is 500 g/mol. The fraction of sp³-hybridized carbons (Fsp3) is 0.208. The first kappa shape index (κ1) is 23.0. The molecule has 2 aromatic carbocycles. The number of anilines is 1. The minimum atomic E-state index is -3.74. The lowest BCUT2D eigenvalue weighted by molar-refractivity contribution is -0.141. The Balaban J connectivity index is 1.38. The topological polar surface area (TPSA) is 83.0 Å². The Hall–Kier alpha value is -3.73. The minimum Gasteiger partial charge on any atom is -0.346 e. The number of hydrogen-bond donors (Lipinski definition) is 2. The van der Waals surface area contributed by atoms with Crippen LogP contribution in [0.15, 0.2) is 52.4 Å². The summed E-state index contributed by atoms with van der Waals surface area (Å²) in [5.41, 5.74) is 1.15. The quantitative estimate of drug-likeness (QED) is 0.424. The van der Waals surface area contributed by atoms with Crippen LogP contribution in [0.25, 0.3) is 10.9 Å². The van der Waals surface area contributed by atoms with Crippen molar-refractivity contribution in [2.24, 2.45) is 7.05 Å². The molecule has 0 bridgehead atoms. The summed E-state index contributed by atoms with van der Waals surface area (Å²) >= 11 is 1.49. The van der Waals surface area contributed by atoms with Gasteiger partial charge in [0.15, 0.2) is 0 Å². The van der Waals surface area contributed by atoms with Crippen LogP contribution >= 0.6 is 11.8 Å². The highest BCUT2D eigenvalue weighted by molar-refractivity contribution is 7.99. The van der Waals surface area contributed by atoms with Gasteiger partial charge in [0, 0.05) is 47.1 Å². The molecule has 180 valence electrons. The van der Waals surface area contributed by atoms with Crippen molar-refractivity contribution in [1.82, 2.24) is 20.1 Å². The number of benzene rings is 2. The molecule has 2 amide bonds. The second-order valence-corrected chi connectivity index (χ2v) is 9.42. The van der Waals surface area contributed by atoms with E-state index in [1.165, 1.54) is 11.8 Å². The number of carbonyl (C=O) groups is 2. The number of aromatic amines is 1. The molecule has 35 heavy (non-hydrogen) atoms. The first-order valence-corrected chi connectivity index (χ1v) is 11.4. The van der Waals surface area contributed by atoms with Gasteiger partial charge in [-0.25, -0.2) is 4.39 Å². The van der Waals surface area contributed by atoms with Crippen LogP contribution in [0, 0.1) is 12.7 Å². The Kier molecular flexibility index (Phi) is 5.39. The van der Waals surface area contributed by atoms with Crippen LogP contribution in [0.5, 0.6) is 0 Å². The van der Waals surface area contributed by atoms with Gasteiger partial charge in [-0.2, -0.15) is 13.9 Å². The number of likely N-dealkylation sites (N-methyl/N-ethyl adjacent to an activating group) is 1. The summed E-state index contributed by atoms with van der Waals surface area (Å²) in [6, 6.07) is 9.38. The van der Waals surface area contributed by atoms with E-state index in [0.717, 1.165) is 50.5 Å². The van der Waals surface area contributed by atoms with E-state index in [1.807, 2.05) is 25.1 Å². The van der Waals surface area contributed by atoms with E-state index < -0.39 is 29.1 Å². The van der Waals surface area contributed by atoms with E-state index in [2.05, 4.69) is 15.5 Å². The summed E-state index contributed by atoms with van der Waals surface area (Å²) in [5.74, 6) is -6.45. The summed E-state index contributed by atoms with van der Waals surface area (Å²) in [5, 5.41) is 10.5. The van der Waals surface area contributed by atoms with Crippen LogP contribution in [0.3, 0.4) is 0 Å². The monoisotopic (exact) mass is 499 g/mol. The predicted molar refractivity (Wildman–Crippen MR) is 125 cm³/mol. The SMILES string of the molecule is Cc1c(Sc2ccc3[nH]ncc3c2)cc(C(=O)NCc2c(F)ccc3c2N(C)C(=O)C3(F)F)n1C. The van der Waals surface area contributed by atoms with Gasteiger partial charge in [0.1, 0.15) is 11.5 Å². The Bertz CT molecular complexity index is 1510. The van der Waals surface area contributed by atoms with Crippen LogP contribution in [0.4, 0.5) is 18.9 Å². The van der Waals surface area contributed by atoms with Gasteiger partial charge in [0.2, 0.25) is 0 Å². The smallest absolute Gasteiger partial charge is 0.346 e. The van der Waals surface area contributed by atoms with Crippen molar-refractivity contribution in [2.75, 3.05) is 11.9 Å². The van der Waals surface area contributed by atoms with Gasteiger partial charge in [0.05, 0.1) is 23.0 Å². The maximum Gasteiger partial charge on any atom is 0.352 e. The molecule has 3 heterocycles. The zero-order valence-corrected chi connectivity index (χ0v) is 19.8. The van der Waals surface area contributed by atoms with E-state index in [-0.39, 0.29) is 17.8 Å². The van der Waals surface area contributed by atoms with E-state index in [0.29, 0.717) is 5.69 Å². The van der Waals surface area contributed by atoms with Gasteiger partial charge >= 0.3 is 11.8 Å². The molecule has 0 unspecified atom stereocenters. The Morgan fingerprint density at radius 2 is 1.97 bits per heavy atom. The molecule has 0 fully saturated rings. The number of amides is 2.